The molecule has 0 nitrogen and oxygen atoms in total. The molecule has 0 heterocycles. The summed E-state index contributed by atoms with van der Waals surface area (Å²) in [5.41, 5.74) is 0. The lowest BCUT2D eigenvalue weighted by Crippen LogP contribution is -2.58. The minimum absolute atomic E-state index is 0.611. The lowest BCUT2D eigenvalue weighted by atomic mass is 9.90. The van der Waals surface area contributed by atoms with Crippen molar-refractivity contribution in [2.24, 2.45) is 0 Å². The molecule has 1 aliphatic carbocycles. The number of thioether (sulfide) groups is 2. The van der Waals surface area contributed by atoms with Crippen LogP contribution in [-0.4, -0.2) is 28.9 Å². The predicted molar refractivity (Wildman–Crippen MR) is 43.9 cm³/mol. The van der Waals surface area contributed by atoms with Gasteiger partial charge in [-0.05, 0) is 12.5 Å². The average molecular weight is 201 g/mol. The Kier molecular flexibility index (Phi) is 2.59. The van der Waals surface area contributed by atoms with Crippen LogP contribution in [0.3, 0.4) is 0 Å². The van der Waals surface area contributed by atoms with Crippen molar-refractivity contribution in [2.75, 3.05) is 12.5 Å². The van der Waals surface area contributed by atoms with Gasteiger partial charge in [0.2, 0.25) is 5.25 Å². The van der Waals surface area contributed by atoms with Crippen LogP contribution in [0.2, 0.25) is 0 Å². The molecule has 1 fully saturated rings. The van der Waals surface area contributed by atoms with E-state index in [1.54, 1.807) is 12.5 Å². The first-order chi connectivity index (χ1) is 5.05. The summed E-state index contributed by atoms with van der Waals surface area (Å²) in [4.78, 5) is 0. The molecule has 64 valence electrons. The molecule has 0 aliphatic heterocycles. The molecule has 0 aromatic rings. The number of hydrogen-bond acceptors (Lipinski definition) is 2. The number of rotatable bonds is 2. The minimum Gasteiger partial charge on any atom is -0.154 e. The lowest BCUT2D eigenvalue weighted by molar-refractivity contribution is -0.0693. The molecule has 5 heteroatoms. The van der Waals surface area contributed by atoms with Crippen molar-refractivity contribution in [1.82, 2.24) is 0 Å². The van der Waals surface area contributed by atoms with Gasteiger partial charge in [-0.1, -0.05) is 0 Å². The Morgan fingerprint density at radius 1 is 1.27 bits per heavy atom. The Labute approximate surface area is 72.3 Å². The van der Waals surface area contributed by atoms with Gasteiger partial charge < -0.3 is 0 Å². The SMILES string of the molecule is CSC1[C+](F)C(F)(F)C1SC. The molecule has 0 saturated heterocycles. The first kappa shape index (κ1) is 9.45. The molecule has 1 saturated carbocycles. The standard InChI is InChI=1S/C6H8F3S2/c1-10-3-4(7)6(8,9)5(3)11-2/h3,5H,1-2H3/q+1. The Bertz CT molecular complexity index is 151. The van der Waals surface area contributed by atoms with Crippen molar-refractivity contribution in [2.45, 2.75) is 16.4 Å². The van der Waals surface area contributed by atoms with E-state index in [-0.39, 0.29) is 0 Å². The maximum atomic E-state index is 12.6. The molecule has 1 rings (SSSR count). The second-order valence-corrected chi connectivity index (χ2v) is 4.24. The Balaban J connectivity index is 2.62. The normalized spacial score (nSPS) is 35.2. The van der Waals surface area contributed by atoms with Gasteiger partial charge in [0.05, 0.1) is 0 Å². The topological polar surface area (TPSA) is 0 Å². The van der Waals surface area contributed by atoms with Crippen molar-refractivity contribution < 1.29 is 13.2 Å². The van der Waals surface area contributed by atoms with Gasteiger partial charge in [0.1, 0.15) is 0 Å². The van der Waals surface area contributed by atoms with Crippen LogP contribution in [0.25, 0.3) is 0 Å². The molecule has 11 heavy (non-hydrogen) atoms. The van der Waals surface area contributed by atoms with E-state index in [2.05, 4.69) is 0 Å². The quantitative estimate of drug-likeness (QED) is 0.630. The minimum atomic E-state index is -3.19. The van der Waals surface area contributed by atoms with Gasteiger partial charge in [0, 0.05) is 4.39 Å². The van der Waals surface area contributed by atoms with E-state index >= 15 is 0 Å². The molecule has 0 N–H and O–H groups in total. The summed E-state index contributed by atoms with van der Waals surface area (Å²) in [5.74, 6) is -3.19. The van der Waals surface area contributed by atoms with Crippen molar-refractivity contribution in [3.05, 3.63) is 6.17 Å². The van der Waals surface area contributed by atoms with Crippen LogP contribution in [0.4, 0.5) is 13.2 Å². The molecule has 0 bridgehead atoms. The van der Waals surface area contributed by atoms with Crippen LogP contribution in [-0.2, 0) is 0 Å². The second kappa shape index (κ2) is 3.01. The van der Waals surface area contributed by atoms with E-state index in [1.807, 2.05) is 0 Å². The Morgan fingerprint density at radius 2 is 1.82 bits per heavy atom. The molecule has 0 radical (unpaired) electrons. The van der Waals surface area contributed by atoms with Crippen molar-refractivity contribution in [3.63, 3.8) is 0 Å². The fraction of sp³-hybridized carbons (Fsp3) is 0.833. The van der Waals surface area contributed by atoms with E-state index in [0.717, 1.165) is 23.5 Å². The molecule has 1 aliphatic rings. The molecule has 2 atom stereocenters. The highest BCUT2D eigenvalue weighted by atomic mass is 32.2. The third-order valence-electron chi connectivity index (χ3n) is 1.71. The van der Waals surface area contributed by atoms with E-state index < -0.39 is 22.6 Å². The third-order valence-corrected chi connectivity index (χ3v) is 3.94. The van der Waals surface area contributed by atoms with Crippen LogP contribution >= 0.6 is 23.5 Å². The van der Waals surface area contributed by atoms with Gasteiger partial charge >= 0.3 is 12.1 Å². The van der Waals surface area contributed by atoms with Crippen molar-refractivity contribution in [1.29, 1.82) is 0 Å². The van der Waals surface area contributed by atoms with E-state index in [9.17, 15) is 13.2 Å². The van der Waals surface area contributed by atoms with E-state index in [4.69, 9.17) is 0 Å². The number of alkyl halides is 2. The fourth-order valence-electron chi connectivity index (χ4n) is 1.05. The summed E-state index contributed by atoms with van der Waals surface area (Å²) in [6, 6.07) is 0. The second-order valence-electron chi connectivity index (χ2n) is 2.28. The summed E-state index contributed by atoms with van der Waals surface area (Å²) in [5, 5.41) is -1.49. The highest BCUT2D eigenvalue weighted by Crippen LogP contribution is 2.56. The van der Waals surface area contributed by atoms with Crippen LogP contribution in [0.1, 0.15) is 0 Å². The zero-order valence-corrected chi connectivity index (χ0v) is 7.74. The van der Waals surface area contributed by atoms with Gasteiger partial charge in [-0.25, -0.2) is 0 Å². The van der Waals surface area contributed by atoms with Gasteiger partial charge in [-0.15, -0.1) is 23.5 Å². The maximum Gasteiger partial charge on any atom is 0.446 e. The first-order valence-electron chi connectivity index (χ1n) is 3.02. The predicted octanol–water partition coefficient (Wildman–Crippen LogP) is 2.60. The Hall–Kier alpha value is 0.360. The third kappa shape index (κ3) is 1.22. The molecular formula is C6H8F3S2+. The summed E-state index contributed by atoms with van der Waals surface area (Å²) in [6.07, 6.45) is 2.06. The van der Waals surface area contributed by atoms with Crippen LogP contribution in [0.5, 0.6) is 0 Å². The first-order valence-corrected chi connectivity index (χ1v) is 5.59. The average Bonchev–Trinajstić information content (AvgIpc) is 1.98. The van der Waals surface area contributed by atoms with Crippen molar-refractivity contribution in [3.8, 4) is 0 Å². The molecule has 0 aromatic heterocycles. The van der Waals surface area contributed by atoms with Crippen LogP contribution < -0.4 is 0 Å². The van der Waals surface area contributed by atoms with Gasteiger partial charge in [0.25, 0.3) is 0 Å². The summed E-state index contributed by atoms with van der Waals surface area (Å²) in [7, 11) is 0. The molecule has 0 aromatic carbocycles. The Morgan fingerprint density at radius 3 is 2.09 bits per heavy atom. The fourth-order valence-corrected chi connectivity index (χ4v) is 3.28. The van der Waals surface area contributed by atoms with Crippen LogP contribution in [0, 0.1) is 6.17 Å². The van der Waals surface area contributed by atoms with Crippen molar-refractivity contribution >= 4 is 23.5 Å². The van der Waals surface area contributed by atoms with E-state index in [0.29, 0.717) is 0 Å². The summed E-state index contributed by atoms with van der Waals surface area (Å²) in [6.45, 7) is 0. The molecule has 2 unspecified atom stereocenters. The van der Waals surface area contributed by atoms with E-state index in [1.165, 1.54) is 0 Å². The monoisotopic (exact) mass is 201 g/mol. The number of hydrogen-bond donors (Lipinski definition) is 0. The summed E-state index contributed by atoms with van der Waals surface area (Å²) < 4.78 is 37.7. The van der Waals surface area contributed by atoms with Gasteiger partial charge in [-0.2, -0.15) is 8.78 Å². The molecule has 0 spiro atoms. The smallest absolute Gasteiger partial charge is 0.154 e. The summed E-state index contributed by atoms with van der Waals surface area (Å²) >= 11 is 2.17. The van der Waals surface area contributed by atoms with Gasteiger partial charge in [-0.3, -0.25) is 0 Å². The highest BCUT2D eigenvalue weighted by molar-refractivity contribution is 8.03. The molecule has 0 amide bonds. The number of halogens is 3. The highest BCUT2D eigenvalue weighted by Gasteiger charge is 2.79. The zero-order chi connectivity index (χ0) is 8.65. The van der Waals surface area contributed by atoms with Gasteiger partial charge in [0.15, 0.2) is 5.25 Å². The zero-order valence-electron chi connectivity index (χ0n) is 6.11. The molecular weight excluding hydrogens is 193 g/mol. The lowest BCUT2D eigenvalue weighted by Gasteiger charge is -2.32. The maximum absolute atomic E-state index is 12.6. The largest absolute Gasteiger partial charge is 0.446 e. The van der Waals surface area contributed by atoms with Crippen LogP contribution in [0.15, 0.2) is 0 Å².